The number of sulfone groups is 1. The third-order valence-corrected chi connectivity index (χ3v) is 3.57. The van der Waals surface area contributed by atoms with E-state index in [9.17, 15) is 13.2 Å². The number of amides is 1. The zero-order valence-electron chi connectivity index (χ0n) is 11.4. The number of anilines is 1. The van der Waals surface area contributed by atoms with Crippen LogP contribution in [-0.2, 0) is 9.84 Å². The summed E-state index contributed by atoms with van der Waals surface area (Å²) in [6, 6.07) is 6.73. The summed E-state index contributed by atoms with van der Waals surface area (Å²) < 4.78 is 22.3. The van der Waals surface area contributed by atoms with Crippen molar-refractivity contribution in [3.8, 4) is 0 Å². The first kappa shape index (κ1) is 15.5. The van der Waals surface area contributed by atoms with Gasteiger partial charge in [-0.15, -0.1) is 0 Å². The van der Waals surface area contributed by atoms with E-state index in [1.807, 2.05) is 19.1 Å². The van der Waals surface area contributed by atoms with Crippen LogP contribution in [0.3, 0.4) is 0 Å². The minimum absolute atomic E-state index is 0.0673. The number of hydrogen-bond donors (Lipinski definition) is 2. The topological polar surface area (TPSA) is 75.3 Å². The molecular weight excluding hydrogens is 264 g/mol. The quantitative estimate of drug-likeness (QED) is 0.825. The zero-order valence-corrected chi connectivity index (χ0v) is 12.3. The molecule has 106 valence electrons. The zero-order chi connectivity index (χ0) is 14.5. The molecule has 1 amide bonds. The predicted octanol–water partition coefficient (Wildman–Crippen LogP) is 1.28. The van der Waals surface area contributed by atoms with E-state index in [1.165, 1.54) is 0 Å². The van der Waals surface area contributed by atoms with Crippen LogP contribution in [0.5, 0.6) is 0 Å². The van der Waals surface area contributed by atoms with Crippen molar-refractivity contribution in [1.29, 1.82) is 0 Å². The van der Waals surface area contributed by atoms with E-state index in [-0.39, 0.29) is 11.7 Å². The molecule has 0 saturated carbocycles. The molecule has 0 radical (unpaired) electrons. The molecule has 0 aliphatic rings. The molecule has 1 aromatic rings. The van der Waals surface area contributed by atoms with E-state index < -0.39 is 15.9 Å². The first-order valence-corrected chi connectivity index (χ1v) is 8.21. The van der Waals surface area contributed by atoms with E-state index in [4.69, 9.17) is 0 Å². The van der Waals surface area contributed by atoms with Crippen LogP contribution in [0.4, 0.5) is 5.69 Å². The van der Waals surface area contributed by atoms with Crippen LogP contribution in [0.25, 0.3) is 0 Å². The van der Waals surface area contributed by atoms with Gasteiger partial charge in [-0.1, -0.05) is 12.1 Å². The number of para-hydroxylation sites is 1. The molecule has 1 rings (SSSR count). The summed E-state index contributed by atoms with van der Waals surface area (Å²) in [6.45, 7) is 4.33. The van der Waals surface area contributed by atoms with Gasteiger partial charge in [0.15, 0.2) is 0 Å². The molecule has 0 aliphatic heterocycles. The lowest BCUT2D eigenvalue weighted by Crippen LogP contribution is -2.37. The van der Waals surface area contributed by atoms with Crippen LogP contribution in [0.2, 0.25) is 0 Å². The average molecular weight is 284 g/mol. The molecule has 0 fully saturated rings. The van der Waals surface area contributed by atoms with Crippen LogP contribution in [0.15, 0.2) is 24.3 Å². The Hall–Kier alpha value is -1.56. The maximum atomic E-state index is 12.1. The Labute approximate surface area is 114 Å². The maximum absolute atomic E-state index is 12.1. The van der Waals surface area contributed by atoms with Crippen molar-refractivity contribution in [2.75, 3.05) is 23.9 Å². The normalized spacial score (nSPS) is 12.8. The average Bonchev–Trinajstić information content (AvgIpc) is 2.27. The van der Waals surface area contributed by atoms with Gasteiger partial charge in [-0.05, 0) is 26.0 Å². The Balaban J connectivity index is 2.78. The third-order valence-electron chi connectivity index (χ3n) is 2.47. The molecule has 1 aromatic carbocycles. The van der Waals surface area contributed by atoms with Crippen molar-refractivity contribution < 1.29 is 13.2 Å². The highest BCUT2D eigenvalue weighted by molar-refractivity contribution is 7.90. The highest BCUT2D eigenvalue weighted by atomic mass is 32.2. The summed E-state index contributed by atoms with van der Waals surface area (Å²) >= 11 is 0. The Bertz CT molecular complexity index is 541. The first-order chi connectivity index (χ1) is 8.83. The van der Waals surface area contributed by atoms with Gasteiger partial charge in [0.25, 0.3) is 5.91 Å². The van der Waals surface area contributed by atoms with Gasteiger partial charge >= 0.3 is 0 Å². The van der Waals surface area contributed by atoms with Crippen LogP contribution in [0, 0.1) is 0 Å². The molecule has 0 aliphatic carbocycles. The number of benzene rings is 1. The van der Waals surface area contributed by atoms with Gasteiger partial charge in [-0.2, -0.15) is 0 Å². The van der Waals surface area contributed by atoms with Gasteiger partial charge in [-0.25, -0.2) is 8.42 Å². The second-order valence-electron chi connectivity index (χ2n) is 4.54. The largest absolute Gasteiger partial charge is 0.385 e. The number of hydrogen-bond acceptors (Lipinski definition) is 4. The van der Waals surface area contributed by atoms with Crippen LogP contribution in [0.1, 0.15) is 24.2 Å². The van der Waals surface area contributed by atoms with Gasteiger partial charge in [0.1, 0.15) is 9.84 Å². The van der Waals surface area contributed by atoms with Crippen molar-refractivity contribution in [2.45, 2.75) is 19.9 Å². The lowest BCUT2D eigenvalue weighted by Gasteiger charge is -2.15. The van der Waals surface area contributed by atoms with Crippen LogP contribution < -0.4 is 10.6 Å². The van der Waals surface area contributed by atoms with Gasteiger partial charge in [0.2, 0.25) is 0 Å². The van der Waals surface area contributed by atoms with E-state index in [0.29, 0.717) is 12.1 Å². The molecule has 0 saturated heterocycles. The fraction of sp³-hybridized carbons (Fsp3) is 0.462. The molecule has 5 nitrogen and oxygen atoms in total. The van der Waals surface area contributed by atoms with E-state index in [1.54, 1.807) is 19.1 Å². The SMILES string of the molecule is CCNc1ccccc1C(=O)NC(C)CS(C)(=O)=O. The summed E-state index contributed by atoms with van der Waals surface area (Å²) in [7, 11) is -3.10. The smallest absolute Gasteiger partial charge is 0.253 e. The van der Waals surface area contributed by atoms with E-state index in [0.717, 1.165) is 11.9 Å². The standard InChI is InChI=1S/C13H20N2O3S/c1-4-14-12-8-6-5-7-11(12)13(16)15-10(2)9-19(3,17)18/h5-8,10,14H,4,9H2,1-3H3,(H,15,16). The van der Waals surface area contributed by atoms with Gasteiger partial charge in [0, 0.05) is 24.5 Å². The maximum Gasteiger partial charge on any atom is 0.253 e. The molecule has 6 heteroatoms. The predicted molar refractivity (Wildman–Crippen MR) is 77.2 cm³/mol. The summed E-state index contributed by atoms with van der Waals surface area (Å²) in [4.78, 5) is 12.1. The summed E-state index contributed by atoms with van der Waals surface area (Å²) in [6.07, 6.45) is 1.16. The third kappa shape index (κ3) is 5.30. The first-order valence-electron chi connectivity index (χ1n) is 6.15. The molecule has 1 unspecified atom stereocenters. The number of carbonyl (C=O) groups is 1. The molecule has 19 heavy (non-hydrogen) atoms. The van der Waals surface area contributed by atoms with E-state index >= 15 is 0 Å². The number of carbonyl (C=O) groups excluding carboxylic acids is 1. The molecular formula is C13H20N2O3S. The fourth-order valence-corrected chi connectivity index (χ4v) is 2.81. The van der Waals surface area contributed by atoms with Crippen molar-refractivity contribution >= 4 is 21.4 Å². The molecule has 0 spiro atoms. The molecule has 0 bridgehead atoms. The molecule has 2 N–H and O–H groups in total. The second kappa shape index (κ2) is 6.56. The van der Waals surface area contributed by atoms with Crippen molar-refractivity contribution in [2.24, 2.45) is 0 Å². The monoisotopic (exact) mass is 284 g/mol. The highest BCUT2D eigenvalue weighted by Gasteiger charge is 2.16. The lowest BCUT2D eigenvalue weighted by atomic mass is 10.1. The Kier molecular flexibility index (Phi) is 5.35. The summed E-state index contributed by atoms with van der Waals surface area (Å²) in [5.41, 5.74) is 1.26. The van der Waals surface area contributed by atoms with Gasteiger partial charge < -0.3 is 10.6 Å². The lowest BCUT2D eigenvalue weighted by molar-refractivity contribution is 0.0944. The number of rotatable bonds is 6. The van der Waals surface area contributed by atoms with Crippen molar-refractivity contribution in [3.05, 3.63) is 29.8 Å². The molecule has 1 atom stereocenters. The Morgan fingerprint density at radius 2 is 1.95 bits per heavy atom. The van der Waals surface area contributed by atoms with E-state index in [2.05, 4.69) is 10.6 Å². The molecule has 0 heterocycles. The minimum Gasteiger partial charge on any atom is -0.385 e. The van der Waals surface area contributed by atoms with Crippen LogP contribution >= 0.6 is 0 Å². The van der Waals surface area contributed by atoms with Crippen molar-refractivity contribution in [1.82, 2.24) is 5.32 Å². The summed E-state index contributed by atoms with van der Waals surface area (Å²) in [5, 5.41) is 5.79. The minimum atomic E-state index is -3.10. The second-order valence-corrected chi connectivity index (χ2v) is 6.73. The molecule has 0 aromatic heterocycles. The van der Waals surface area contributed by atoms with Crippen LogP contribution in [-0.4, -0.2) is 38.9 Å². The van der Waals surface area contributed by atoms with Crippen molar-refractivity contribution in [3.63, 3.8) is 0 Å². The highest BCUT2D eigenvalue weighted by Crippen LogP contribution is 2.14. The fourth-order valence-electron chi connectivity index (χ4n) is 1.82. The van der Waals surface area contributed by atoms with Gasteiger partial charge in [-0.3, -0.25) is 4.79 Å². The Morgan fingerprint density at radius 3 is 2.53 bits per heavy atom. The van der Waals surface area contributed by atoms with Gasteiger partial charge in [0.05, 0.1) is 11.3 Å². The Morgan fingerprint density at radius 1 is 1.32 bits per heavy atom. The summed E-state index contributed by atoms with van der Waals surface area (Å²) in [5.74, 6) is -0.338. The number of nitrogens with one attached hydrogen (secondary N) is 2.